The third-order valence-corrected chi connectivity index (χ3v) is 6.60. The smallest absolute Gasteiger partial charge is 0.796 e. The van der Waals surface area contributed by atoms with Crippen LogP contribution >= 0.6 is 34.4 Å². The van der Waals surface area contributed by atoms with Gasteiger partial charge in [-0.15, -0.1) is 22.7 Å². The maximum Gasteiger partial charge on any atom is 1.00 e. The standard InChI is InChI=1S/C7H6F3N3S2.C6H6F3NS2.CH4S.CH4.B.Na/c1-15(13-4-11)3-5-2-12-6(14-5)7(8,9)10;1-11-3-4-2-10-5(12-4)6(7,8)9;1-2;;;/h2H,3H2,1H3;2H,3H2,1H3;2H,1H3;1H4;;/q;;;;;+1/p-1. The van der Waals surface area contributed by atoms with Gasteiger partial charge < -0.3 is 12.6 Å². The fraction of sp³-hybridized carbons (Fsp3) is 0.533. The summed E-state index contributed by atoms with van der Waals surface area (Å²) in [5.74, 6) is 0.926. The molecule has 175 valence electrons. The van der Waals surface area contributed by atoms with Gasteiger partial charge in [0, 0.05) is 42.1 Å². The summed E-state index contributed by atoms with van der Waals surface area (Å²) in [5, 5.41) is 6.63. The van der Waals surface area contributed by atoms with Gasteiger partial charge in [-0.1, -0.05) is 18.1 Å². The molecule has 3 radical (unpaired) electrons. The molecule has 0 saturated carbocycles. The van der Waals surface area contributed by atoms with Crippen LogP contribution in [0.5, 0.6) is 0 Å². The van der Waals surface area contributed by atoms with Gasteiger partial charge in [0.15, 0.2) is 10.0 Å². The van der Waals surface area contributed by atoms with Crippen LogP contribution in [0.1, 0.15) is 27.2 Å². The second-order valence-corrected chi connectivity index (χ2v) is 9.40. The van der Waals surface area contributed by atoms with E-state index < -0.39 is 33.1 Å². The molecule has 0 aliphatic heterocycles. The number of nitrogens with zero attached hydrogens (tertiary/aromatic N) is 4. The van der Waals surface area contributed by atoms with E-state index in [-0.39, 0.29) is 45.4 Å². The van der Waals surface area contributed by atoms with E-state index >= 15 is 0 Å². The van der Waals surface area contributed by atoms with Crippen molar-refractivity contribution in [2.24, 2.45) is 4.36 Å². The Morgan fingerprint density at radius 3 is 1.81 bits per heavy atom. The van der Waals surface area contributed by atoms with Crippen molar-refractivity contribution in [2.45, 2.75) is 31.3 Å². The molecule has 0 fully saturated rings. The fourth-order valence-corrected chi connectivity index (χ4v) is 5.00. The van der Waals surface area contributed by atoms with Gasteiger partial charge in [0.25, 0.3) is 0 Å². The van der Waals surface area contributed by atoms with E-state index in [2.05, 4.69) is 27.0 Å². The first-order chi connectivity index (χ1) is 13.5. The van der Waals surface area contributed by atoms with Crippen LogP contribution in [0.25, 0.3) is 0 Å². The molecule has 17 heteroatoms. The monoisotopic (exact) mass is 563 g/mol. The van der Waals surface area contributed by atoms with Crippen LogP contribution < -0.4 is 29.6 Å². The van der Waals surface area contributed by atoms with Crippen molar-refractivity contribution in [3.63, 3.8) is 0 Å². The first-order valence-electron chi connectivity index (χ1n) is 7.13. The Balaban J connectivity index is -0.000000212. The molecule has 32 heavy (non-hydrogen) atoms. The first kappa shape index (κ1) is 39.5. The molecule has 0 bridgehead atoms. The molecule has 2 aromatic rings. The number of nitriles is 1. The Labute approximate surface area is 228 Å². The maximum absolute atomic E-state index is 12.2. The second-order valence-electron chi connectivity index (χ2n) is 4.63. The molecule has 0 N–H and O–H groups in total. The van der Waals surface area contributed by atoms with Crippen LogP contribution in [0.2, 0.25) is 0 Å². The molecular weight excluding hydrogens is 544 g/mol. The molecule has 2 rings (SSSR count). The van der Waals surface area contributed by atoms with Crippen molar-refractivity contribution in [3.8, 4) is 6.19 Å². The minimum atomic E-state index is -4.39. The third-order valence-electron chi connectivity index (χ3n) is 2.43. The molecular formula is C15H19BF6N4NaS5. The van der Waals surface area contributed by atoms with Crippen molar-refractivity contribution in [3.05, 3.63) is 32.2 Å². The summed E-state index contributed by atoms with van der Waals surface area (Å²) < 4.78 is 76.0. The number of aromatic nitrogens is 2. The Kier molecular flexibility index (Phi) is 24.1. The molecule has 0 saturated heterocycles. The van der Waals surface area contributed by atoms with Gasteiger partial charge in [-0.3, -0.25) is 0 Å². The summed E-state index contributed by atoms with van der Waals surface area (Å²) in [4.78, 5) is 7.71. The summed E-state index contributed by atoms with van der Waals surface area (Å²) in [6, 6.07) is 0. The summed E-state index contributed by atoms with van der Waals surface area (Å²) in [6.45, 7) is 0. The van der Waals surface area contributed by atoms with Crippen molar-refractivity contribution in [1.29, 1.82) is 5.26 Å². The molecule has 1 unspecified atom stereocenters. The minimum absolute atomic E-state index is 0. The quantitative estimate of drug-likeness (QED) is 0.248. The molecule has 2 aromatic heterocycles. The molecule has 0 spiro atoms. The molecule has 0 aliphatic rings. The molecule has 0 aliphatic carbocycles. The zero-order valence-corrected chi connectivity index (χ0v) is 22.8. The van der Waals surface area contributed by atoms with E-state index in [9.17, 15) is 26.3 Å². The van der Waals surface area contributed by atoms with Gasteiger partial charge >= 0.3 is 41.9 Å². The number of hydrogen-bond acceptors (Lipinski definition) is 8. The van der Waals surface area contributed by atoms with Crippen LogP contribution in [-0.2, 0) is 47.2 Å². The zero-order valence-electron chi connectivity index (χ0n) is 16.7. The Bertz CT molecular complexity index is 820. The second kappa shape index (κ2) is 19.5. The van der Waals surface area contributed by atoms with Crippen LogP contribution in [0.15, 0.2) is 16.8 Å². The van der Waals surface area contributed by atoms with Gasteiger partial charge in [0.2, 0.25) is 6.19 Å². The van der Waals surface area contributed by atoms with Crippen LogP contribution in [0.4, 0.5) is 26.3 Å². The number of rotatable bonds is 4. The van der Waals surface area contributed by atoms with Crippen LogP contribution in [-0.4, -0.2) is 37.1 Å². The zero-order chi connectivity index (χ0) is 22.7. The van der Waals surface area contributed by atoms with E-state index in [1.807, 2.05) is 6.26 Å². The van der Waals surface area contributed by atoms with Gasteiger partial charge in [0.1, 0.15) is 0 Å². The summed E-state index contributed by atoms with van der Waals surface area (Å²) >= 11 is 6.87. The Hall–Kier alpha value is 0.245. The minimum Gasteiger partial charge on any atom is -0.796 e. The predicted octanol–water partition coefficient (Wildman–Crippen LogP) is 3.02. The van der Waals surface area contributed by atoms with E-state index in [1.54, 1.807) is 18.7 Å². The summed E-state index contributed by atoms with van der Waals surface area (Å²) in [5.41, 5.74) is 0. The predicted molar refractivity (Wildman–Crippen MR) is 122 cm³/mol. The van der Waals surface area contributed by atoms with Crippen LogP contribution in [0.3, 0.4) is 0 Å². The molecule has 4 nitrogen and oxygen atoms in total. The Morgan fingerprint density at radius 1 is 1.06 bits per heavy atom. The molecule has 1 atom stereocenters. The Morgan fingerprint density at radius 2 is 1.47 bits per heavy atom. The average Bonchev–Trinajstić information content (AvgIpc) is 3.27. The van der Waals surface area contributed by atoms with Gasteiger partial charge in [-0.25, -0.2) is 9.97 Å². The van der Waals surface area contributed by atoms with E-state index in [1.165, 1.54) is 24.2 Å². The van der Waals surface area contributed by atoms with Gasteiger partial charge in [0.05, 0.1) is 0 Å². The van der Waals surface area contributed by atoms with Crippen molar-refractivity contribution < 1.29 is 55.9 Å². The van der Waals surface area contributed by atoms with E-state index in [4.69, 9.17) is 5.26 Å². The fourth-order valence-electron chi connectivity index (χ4n) is 1.46. The number of thioether (sulfide) groups is 1. The first-order valence-corrected chi connectivity index (χ1v) is 12.7. The van der Waals surface area contributed by atoms with Crippen molar-refractivity contribution in [2.75, 3.05) is 18.8 Å². The molecule has 0 aromatic carbocycles. The average molecular weight is 563 g/mol. The van der Waals surface area contributed by atoms with Crippen molar-refractivity contribution in [1.82, 2.24) is 9.97 Å². The topological polar surface area (TPSA) is 61.9 Å². The third kappa shape index (κ3) is 16.0. The maximum atomic E-state index is 12.2. The van der Waals surface area contributed by atoms with E-state index in [0.29, 0.717) is 43.9 Å². The summed E-state index contributed by atoms with van der Waals surface area (Å²) in [7, 11) is -0.568. The largest absolute Gasteiger partial charge is 1.00 e. The van der Waals surface area contributed by atoms with Gasteiger partial charge in [-0.05, 0) is 12.5 Å². The SMILES string of the molecule is C.CS(Cc1cnc(C(F)(F)F)s1)=NC#N.CSCc1cnc(C(F)(F)F)s1.C[S-].[B].[Na+]. The van der Waals surface area contributed by atoms with Crippen LogP contribution in [0, 0.1) is 11.5 Å². The number of alkyl halides is 6. The summed E-state index contributed by atoms with van der Waals surface area (Å²) in [6.07, 6.45) is 0.527. The number of thiazole rings is 2. The normalized spacial score (nSPS) is 11.2. The molecule has 0 amide bonds. The van der Waals surface area contributed by atoms with Gasteiger partial charge in [-0.2, -0.15) is 54.0 Å². The number of halogens is 6. The van der Waals surface area contributed by atoms with Crippen molar-refractivity contribution >= 4 is 66.2 Å². The number of hydrogen-bond donors (Lipinski definition) is 0. The van der Waals surface area contributed by atoms with E-state index in [0.717, 1.165) is 0 Å². The molecule has 2 heterocycles.